The molecule has 0 aliphatic carbocycles. The highest BCUT2D eigenvalue weighted by atomic mass is 16.6. The third-order valence-corrected chi connectivity index (χ3v) is 3.02. The van der Waals surface area contributed by atoms with Crippen LogP contribution < -0.4 is 11.2 Å². The zero-order valence-electron chi connectivity index (χ0n) is 11.6. The average molecular weight is 292 g/mol. The summed E-state index contributed by atoms with van der Waals surface area (Å²) < 4.78 is 11.9. The van der Waals surface area contributed by atoms with E-state index in [-0.39, 0.29) is 6.61 Å². The normalized spacial score (nSPS) is 20.9. The highest BCUT2D eigenvalue weighted by Gasteiger charge is 2.28. The average Bonchev–Trinajstić information content (AvgIpc) is 2.80. The van der Waals surface area contributed by atoms with E-state index in [2.05, 4.69) is 11.6 Å². The second kappa shape index (κ2) is 6.36. The van der Waals surface area contributed by atoms with Crippen LogP contribution in [0.5, 0.6) is 0 Å². The lowest BCUT2D eigenvalue weighted by atomic mass is 10.1. The molecule has 1 aliphatic heterocycles. The first-order valence-electron chi connectivity index (χ1n) is 6.43. The van der Waals surface area contributed by atoms with E-state index in [0.717, 1.165) is 5.57 Å². The van der Waals surface area contributed by atoms with E-state index in [1.165, 1.54) is 23.8 Å². The molecule has 2 atom stereocenters. The van der Waals surface area contributed by atoms with Gasteiger partial charge in [-0.3, -0.25) is 19.1 Å². The van der Waals surface area contributed by atoms with Gasteiger partial charge in [0.15, 0.2) is 6.23 Å². The lowest BCUT2D eigenvalue weighted by Crippen LogP contribution is -2.32. The number of carbonyl (C=O) groups excluding carboxylic acids is 1. The van der Waals surface area contributed by atoms with Gasteiger partial charge in [-0.1, -0.05) is 6.08 Å². The number of hydrogen-bond donors (Lipinski definition) is 1. The molecule has 0 amide bonds. The second-order valence-electron chi connectivity index (χ2n) is 4.57. The van der Waals surface area contributed by atoms with E-state index in [1.807, 2.05) is 0 Å². The summed E-state index contributed by atoms with van der Waals surface area (Å²) in [4.78, 5) is 35.9. The van der Waals surface area contributed by atoms with Crippen LogP contribution in [0.25, 0.3) is 0 Å². The molecule has 0 spiro atoms. The number of hydrogen-bond acceptors (Lipinski definition) is 5. The Labute approximate surface area is 120 Å². The van der Waals surface area contributed by atoms with Crippen molar-refractivity contribution in [3.8, 4) is 0 Å². The van der Waals surface area contributed by atoms with Gasteiger partial charge >= 0.3 is 11.7 Å². The van der Waals surface area contributed by atoms with Gasteiger partial charge in [0.05, 0.1) is 0 Å². The molecular formula is C14H16N2O5. The molecule has 1 aromatic heterocycles. The Morgan fingerprint density at radius 1 is 1.57 bits per heavy atom. The Kier molecular flexibility index (Phi) is 4.54. The summed E-state index contributed by atoms with van der Waals surface area (Å²) >= 11 is 0. The van der Waals surface area contributed by atoms with Crippen molar-refractivity contribution in [1.82, 2.24) is 9.55 Å². The summed E-state index contributed by atoms with van der Waals surface area (Å²) in [5.41, 5.74) is -0.162. The quantitative estimate of drug-likeness (QED) is 0.630. The second-order valence-corrected chi connectivity index (χ2v) is 4.57. The Morgan fingerprint density at radius 2 is 2.33 bits per heavy atom. The van der Waals surface area contributed by atoms with Crippen molar-refractivity contribution < 1.29 is 14.3 Å². The van der Waals surface area contributed by atoms with Gasteiger partial charge in [-0.2, -0.15) is 0 Å². The molecule has 0 fully saturated rings. The number of H-pyrrole nitrogens is 1. The molecule has 0 radical (unpaired) electrons. The van der Waals surface area contributed by atoms with Crippen molar-refractivity contribution in [1.29, 1.82) is 0 Å². The number of ether oxygens (including phenoxy) is 2. The maximum absolute atomic E-state index is 11.8. The van der Waals surface area contributed by atoms with Crippen molar-refractivity contribution in [3.05, 3.63) is 57.4 Å². The van der Waals surface area contributed by atoms with Gasteiger partial charge in [0.2, 0.25) is 0 Å². The molecule has 21 heavy (non-hydrogen) atoms. The molecule has 0 saturated heterocycles. The molecule has 1 aliphatic rings. The van der Waals surface area contributed by atoms with Crippen molar-refractivity contribution in [2.75, 3.05) is 6.61 Å². The highest BCUT2D eigenvalue weighted by Crippen LogP contribution is 2.28. The first-order valence-corrected chi connectivity index (χ1v) is 6.43. The summed E-state index contributed by atoms with van der Waals surface area (Å²) in [7, 11) is 0. The Bertz CT molecular complexity index is 685. The Balaban J connectivity index is 2.22. The predicted octanol–water partition coefficient (Wildman–Crippen LogP) is 0.500. The van der Waals surface area contributed by atoms with Gasteiger partial charge in [-0.05, 0) is 18.1 Å². The number of esters is 1. The fourth-order valence-electron chi connectivity index (χ4n) is 2.06. The van der Waals surface area contributed by atoms with Gasteiger partial charge in [-0.15, -0.1) is 6.58 Å². The van der Waals surface area contributed by atoms with Gasteiger partial charge in [0.25, 0.3) is 5.56 Å². The SMILES string of the molecule is C=CCC1=C[C@H](n2ccc(=O)[nH]c2=O)O[C@@H]1COC(C)=O. The zero-order chi connectivity index (χ0) is 15.4. The van der Waals surface area contributed by atoms with E-state index < -0.39 is 29.6 Å². The minimum absolute atomic E-state index is 0.0730. The summed E-state index contributed by atoms with van der Waals surface area (Å²) in [6.07, 6.45) is 4.30. The third-order valence-electron chi connectivity index (χ3n) is 3.02. The molecule has 2 heterocycles. The highest BCUT2D eigenvalue weighted by molar-refractivity contribution is 5.65. The van der Waals surface area contributed by atoms with Crippen LogP contribution in [-0.4, -0.2) is 28.2 Å². The molecular weight excluding hydrogens is 276 g/mol. The molecule has 1 N–H and O–H groups in total. The maximum Gasteiger partial charge on any atom is 0.330 e. The van der Waals surface area contributed by atoms with E-state index in [9.17, 15) is 14.4 Å². The zero-order valence-corrected chi connectivity index (χ0v) is 11.6. The summed E-state index contributed by atoms with van der Waals surface area (Å²) in [6.45, 7) is 5.05. The molecule has 1 aromatic rings. The summed E-state index contributed by atoms with van der Waals surface area (Å²) in [6, 6.07) is 1.24. The van der Waals surface area contributed by atoms with E-state index in [4.69, 9.17) is 9.47 Å². The Morgan fingerprint density at radius 3 is 2.95 bits per heavy atom. The van der Waals surface area contributed by atoms with Gasteiger partial charge in [0, 0.05) is 19.2 Å². The third kappa shape index (κ3) is 3.57. The van der Waals surface area contributed by atoms with Crippen molar-refractivity contribution in [2.45, 2.75) is 25.7 Å². The van der Waals surface area contributed by atoms with Crippen LogP contribution in [0.1, 0.15) is 19.6 Å². The van der Waals surface area contributed by atoms with Gasteiger partial charge < -0.3 is 9.47 Å². The molecule has 2 rings (SSSR count). The molecule has 0 saturated carbocycles. The lowest BCUT2D eigenvalue weighted by Gasteiger charge is -2.17. The van der Waals surface area contributed by atoms with E-state index >= 15 is 0 Å². The number of rotatable bonds is 5. The molecule has 0 bridgehead atoms. The summed E-state index contributed by atoms with van der Waals surface area (Å²) in [5.74, 6) is -0.402. The van der Waals surface area contributed by atoms with Gasteiger partial charge in [0.1, 0.15) is 12.7 Å². The van der Waals surface area contributed by atoms with Crippen LogP contribution in [-0.2, 0) is 14.3 Å². The number of nitrogens with one attached hydrogen (secondary N) is 1. The monoisotopic (exact) mass is 292 g/mol. The number of nitrogens with zero attached hydrogens (tertiary/aromatic N) is 1. The topological polar surface area (TPSA) is 90.4 Å². The largest absolute Gasteiger partial charge is 0.463 e. The van der Waals surface area contributed by atoms with Crippen LogP contribution in [0.4, 0.5) is 0 Å². The number of aromatic amines is 1. The predicted molar refractivity (Wildman–Crippen MR) is 74.8 cm³/mol. The number of allylic oxidation sites excluding steroid dienone is 1. The minimum atomic E-state index is -0.648. The first-order chi connectivity index (χ1) is 10.0. The van der Waals surface area contributed by atoms with E-state index in [1.54, 1.807) is 12.2 Å². The fourth-order valence-corrected chi connectivity index (χ4v) is 2.06. The Hall–Kier alpha value is -2.41. The van der Waals surface area contributed by atoms with Crippen LogP contribution >= 0.6 is 0 Å². The maximum atomic E-state index is 11.8. The van der Waals surface area contributed by atoms with Crippen LogP contribution in [0.3, 0.4) is 0 Å². The smallest absolute Gasteiger partial charge is 0.330 e. The van der Waals surface area contributed by atoms with Crippen LogP contribution in [0.2, 0.25) is 0 Å². The van der Waals surface area contributed by atoms with Crippen molar-refractivity contribution >= 4 is 5.97 Å². The fraction of sp³-hybridized carbons (Fsp3) is 0.357. The first kappa shape index (κ1) is 15.0. The molecule has 7 nitrogen and oxygen atoms in total. The molecule has 0 unspecified atom stereocenters. The lowest BCUT2D eigenvalue weighted by molar-refractivity contribution is -0.145. The molecule has 7 heteroatoms. The van der Waals surface area contributed by atoms with Crippen LogP contribution in [0.15, 0.2) is 46.2 Å². The van der Waals surface area contributed by atoms with Crippen molar-refractivity contribution in [2.24, 2.45) is 0 Å². The number of aromatic nitrogens is 2. The van der Waals surface area contributed by atoms with Crippen molar-refractivity contribution in [3.63, 3.8) is 0 Å². The van der Waals surface area contributed by atoms with Crippen LogP contribution in [0, 0.1) is 0 Å². The van der Waals surface area contributed by atoms with E-state index in [0.29, 0.717) is 6.42 Å². The standard InChI is InChI=1S/C14H16N2O5/c1-3-4-10-7-13(21-11(10)8-20-9(2)17)16-6-5-12(18)15-14(16)19/h3,5-7,11,13H,1,4,8H2,2H3,(H,15,18,19)/t11-,13-/m1/s1. The number of carbonyl (C=O) groups is 1. The minimum Gasteiger partial charge on any atom is -0.463 e. The molecule has 112 valence electrons. The summed E-state index contributed by atoms with van der Waals surface area (Å²) in [5, 5.41) is 0. The van der Waals surface area contributed by atoms with Gasteiger partial charge in [-0.25, -0.2) is 4.79 Å². The molecule has 0 aromatic carbocycles.